The van der Waals surface area contributed by atoms with Crippen molar-refractivity contribution in [2.24, 2.45) is 0 Å². The molecule has 1 fully saturated rings. The lowest BCUT2D eigenvalue weighted by atomic mass is 10.00. The zero-order valence-corrected chi connectivity index (χ0v) is 17.2. The Bertz CT molecular complexity index is 1230. The van der Waals surface area contributed by atoms with Gasteiger partial charge in [-0.2, -0.15) is 5.10 Å². The highest BCUT2D eigenvalue weighted by atomic mass is 16.3. The van der Waals surface area contributed by atoms with Crippen molar-refractivity contribution in [3.05, 3.63) is 77.5 Å². The molecule has 1 amide bonds. The summed E-state index contributed by atoms with van der Waals surface area (Å²) in [6.07, 6.45) is 0. The molecule has 0 radical (unpaired) electrons. The number of benzene rings is 2. The molecule has 1 aliphatic heterocycles. The van der Waals surface area contributed by atoms with Gasteiger partial charge in [0.25, 0.3) is 5.91 Å². The van der Waals surface area contributed by atoms with Gasteiger partial charge in [-0.15, -0.1) is 0 Å². The number of nitrogens with zero attached hydrogens (tertiary/aromatic N) is 3. The van der Waals surface area contributed by atoms with Gasteiger partial charge in [0.15, 0.2) is 5.65 Å². The summed E-state index contributed by atoms with van der Waals surface area (Å²) in [7, 11) is 0. The monoisotopic (exact) mass is 413 g/mol. The number of rotatable bonds is 3. The fraction of sp³-hybridized carbons (Fsp3) is 0.208. The minimum Gasteiger partial charge on any atom is -0.508 e. The van der Waals surface area contributed by atoms with Gasteiger partial charge in [-0.05, 0) is 42.8 Å². The SMILES string of the molecule is Cc1[nH]nc2nc(-c3ccc(O)cc3)cc(C(=O)N3CCNCC3c3ccccc3)c12. The molecule has 0 bridgehead atoms. The number of hydrogen-bond acceptors (Lipinski definition) is 5. The van der Waals surface area contributed by atoms with Gasteiger partial charge in [0.2, 0.25) is 0 Å². The van der Waals surface area contributed by atoms with E-state index in [0.29, 0.717) is 30.0 Å². The minimum atomic E-state index is -0.0463. The number of fused-ring (bicyclic) bond motifs is 1. The maximum Gasteiger partial charge on any atom is 0.255 e. The number of phenolic OH excluding ortho intramolecular Hbond substituents is 1. The second-order valence-electron chi connectivity index (χ2n) is 7.78. The lowest BCUT2D eigenvalue weighted by Gasteiger charge is -2.36. The fourth-order valence-electron chi connectivity index (χ4n) is 4.20. The van der Waals surface area contributed by atoms with Crippen molar-refractivity contribution < 1.29 is 9.90 Å². The molecule has 3 heterocycles. The summed E-state index contributed by atoms with van der Waals surface area (Å²) in [5.74, 6) is 0.149. The van der Waals surface area contributed by atoms with E-state index in [9.17, 15) is 9.90 Å². The standard InChI is InChI=1S/C24H23N5O2/c1-15-22-19(13-20(26-23(22)28-27-15)16-7-9-18(30)10-8-16)24(31)29-12-11-25-14-21(29)17-5-3-2-4-6-17/h2-10,13,21,25,30H,11-12,14H2,1H3,(H,26,27,28). The third kappa shape index (κ3) is 3.53. The summed E-state index contributed by atoms with van der Waals surface area (Å²) >= 11 is 0. The molecule has 4 aromatic rings. The molecular weight excluding hydrogens is 390 g/mol. The van der Waals surface area contributed by atoms with Crippen LogP contribution >= 0.6 is 0 Å². The lowest BCUT2D eigenvalue weighted by Crippen LogP contribution is -2.48. The molecule has 0 aliphatic carbocycles. The average molecular weight is 413 g/mol. The molecule has 2 aromatic carbocycles. The van der Waals surface area contributed by atoms with Crippen molar-refractivity contribution in [1.82, 2.24) is 25.4 Å². The van der Waals surface area contributed by atoms with E-state index in [4.69, 9.17) is 0 Å². The fourth-order valence-corrected chi connectivity index (χ4v) is 4.20. The van der Waals surface area contributed by atoms with Crippen molar-refractivity contribution in [3.8, 4) is 17.0 Å². The normalized spacial score (nSPS) is 16.5. The topological polar surface area (TPSA) is 94.1 Å². The molecule has 1 unspecified atom stereocenters. The summed E-state index contributed by atoms with van der Waals surface area (Å²) in [6.45, 7) is 3.98. The molecule has 31 heavy (non-hydrogen) atoms. The molecule has 156 valence electrons. The van der Waals surface area contributed by atoms with Crippen molar-refractivity contribution in [1.29, 1.82) is 0 Å². The molecule has 1 atom stereocenters. The molecule has 1 saturated heterocycles. The predicted molar refractivity (Wildman–Crippen MR) is 119 cm³/mol. The van der Waals surface area contributed by atoms with Crippen LogP contribution in [0, 0.1) is 6.92 Å². The van der Waals surface area contributed by atoms with Crippen LogP contribution in [0.1, 0.15) is 27.7 Å². The van der Waals surface area contributed by atoms with Crippen LogP contribution in [0.3, 0.4) is 0 Å². The summed E-state index contributed by atoms with van der Waals surface area (Å²) in [6, 6.07) is 18.7. The van der Waals surface area contributed by atoms with Crippen LogP contribution in [0.15, 0.2) is 60.7 Å². The first-order chi connectivity index (χ1) is 15.1. The first kappa shape index (κ1) is 19.3. The second-order valence-corrected chi connectivity index (χ2v) is 7.78. The third-order valence-corrected chi connectivity index (χ3v) is 5.79. The van der Waals surface area contributed by atoms with Crippen molar-refractivity contribution >= 4 is 16.9 Å². The molecule has 0 saturated carbocycles. The molecule has 0 spiro atoms. The molecular formula is C24H23N5O2. The highest BCUT2D eigenvalue weighted by Gasteiger charge is 2.30. The Balaban J connectivity index is 1.61. The number of pyridine rings is 1. The summed E-state index contributed by atoms with van der Waals surface area (Å²) in [4.78, 5) is 20.5. The van der Waals surface area contributed by atoms with Crippen LogP contribution in [-0.2, 0) is 0 Å². The largest absolute Gasteiger partial charge is 0.508 e. The van der Waals surface area contributed by atoms with E-state index in [0.717, 1.165) is 28.8 Å². The Labute approximate surface area is 179 Å². The van der Waals surface area contributed by atoms with Crippen LogP contribution in [0.5, 0.6) is 5.75 Å². The number of carbonyl (C=O) groups is 1. The Hall–Kier alpha value is -3.71. The lowest BCUT2D eigenvalue weighted by molar-refractivity contribution is 0.0636. The third-order valence-electron chi connectivity index (χ3n) is 5.79. The van der Waals surface area contributed by atoms with Crippen LogP contribution in [0.2, 0.25) is 0 Å². The predicted octanol–water partition coefficient (Wildman–Crippen LogP) is 3.43. The van der Waals surface area contributed by atoms with Gasteiger partial charge in [0.1, 0.15) is 5.75 Å². The molecule has 3 N–H and O–H groups in total. The zero-order valence-electron chi connectivity index (χ0n) is 17.2. The summed E-state index contributed by atoms with van der Waals surface area (Å²) in [5, 5.41) is 21.1. The summed E-state index contributed by atoms with van der Waals surface area (Å²) in [5.41, 5.74) is 4.48. The van der Waals surface area contributed by atoms with Gasteiger partial charge in [-0.1, -0.05) is 30.3 Å². The second kappa shape index (κ2) is 7.85. The van der Waals surface area contributed by atoms with Crippen LogP contribution in [-0.4, -0.2) is 50.7 Å². The Kier molecular flexibility index (Phi) is 4.88. The number of hydrogen-bond donors (Lipinski definition) is 3. The number of piperazine rings is 1. The Morgan fingerprint density at radius 1 is 1.13 bits per heavy atom. The first-order valence-corrected chi connectivity index (χ1v) is 10.3. The van der Waals surface area contributed by atoms with Gasteiger partial charge in [0, 0.05) is 30.9 Å². The zero-order chi connectivity index (χ0) is 21.4. The number of aryl methyl sites for hydroxylation is 1. The maximum absolute atomic E-state index is 13.9. The maximum atomic E-state index is 13.9. The Morgan fingerprint density at radius 3 is 2.68 bits per heavy atom. The van der Waals surface area contributed by atoms with Gasteiger partial charge in [-0.25, -0.2) is 4.98 Å². The molecule has 7 heteroatoms. The van der Waals surface area contributed by atoms with E-state index >= 15 is 0 Å². The van der Waals surface area contributed by atoms with Crippen LogP contribution < -0.4 is 5.32 Å². The van der Waals surface area contributed by atoms with Crippen LogP contribution in [0.4, 0.5) is 0 Å². The minimum absolute atomic E-state index is 0.0349. The number of aromatic amines is 1. The van der Waals surface area contributed by atoms with Crippen molar-refractivity contribution in [2.45, 2.75) is 13.0 Å². The first-order valence-electron chi connectivity index (χ1n) is 10.3. The number of nitrogens with one attached hydrogen (secondary N) is 2. The Morgan fingerprint density at radius 2 is 1.90 bits per heavy atom. The van der Waals surface area contributed by atoms with E-state index < -0.39 is 0 Å². The van der Waals surface area contributed by atoms with Gasteiger partial charge < -0.3 is 15.3 Å². The quantitative estimate of drug-likeness (QED) is 0.478. The number of amides is 1. The number of aromatic nitrogens is 3. The number of aromatic hydroxyl groups is 1. The van der Waals surface area contributed by atoms with E-state index in [2.05, 4.69) is 32.6 Å². The van der Waals surface area contributed by atoms with Gasteiger partial charge in [-0.3, -0.25) is 9.89 Å². The van der Waals surface area contributed by atoms with Crippen molar-refractivity contribution in [2.75, 3.05) is 19.6 Å². The van der Waals surface area contributed by atoms with E-state index in [1.54, 1.807) is 24.3 Å². The number of phenols is 1. The van der Waals surface area contributed by atoms with E-state index in [1.165, 1.54) is 0 Å². The highest BCUT2D eigenvalue weighted by Crippen LogP contribution is 2.30. The summed E-state index contributed by atoms with van der Waals surface area (Å²) < 4.78 is 0. The van der Waals surface area contributed by atoms with E-state index in [-0.39, 0.29) is 17.7 Å². The smallest absolute Gasteiger partial charge is 0.255 e. The molecule has 5 rings (SSSR count). The number of carbonyl (C=O) groups excluding carboxylic acids is 1. The average Bonchev–Trinajstić information content (AvgIpc) is 3.20. The van der Waals surface area contributed by atoms with Crippen molar-refractivity contribution in [3.63, 3.8) is 0 Å². The molecule has 2 aromatic heterocycles. The van der Waals surface area contributed by atoms with Crippen LogP contribution in [0.25, 0.3) is 22.3 Å². The van der Waals surface area contributed by atoms with E-state index in [1.807, 2.05) is 36.1 Å². The molecule has 7 nitrogen and oxygen atoms in total. The molecule has 1 aliphatic rings. The highest BCUT2D eigenvalue weighted by molar-refractivity contribution is 6.07. The number of H-pyrrole nitrogens is 1. The van der Waals surface area contributed by atoms with Gasteiger partial charge >= 0.3 is 0 Å². The van der Waals surface area contributed by atoms with Gasteiger partial charge in [0.05, 0.1) is 22.7 Å².